The summed E-state index contributed by atoms with van der Waals surface area (Å²) in [6.45, 7) is 0. The molecule has 0 unspecified atom stereocenters. The van der Waals surface area contributed by atoms with Gasteiger partial charge in [0.25, 0.3) is 0 Å². The lowest BCUT2D eigenvalue weighted by atomic mass is 9.92. The number of pyridine rings is 1. The van der Waals surface area contributed by atoms with Gasteiger partial charge in [-0.3, -0.25) is 0 Å². The first-order chi connectivity index (χ1) is 22.3. The van der Waals surface area contributed by atoms with Crippen LogP contribution in [-0.2, 0) is 0 Å². The first-order valence-corrected chi connectivity index (χ1v) is 14.9. The predicted octanol–water partition coefficient (Wildman–Crippen LogP) is 10.1. The molecule has 0 atom stereocenters. The largest absolute Gasteiger partial charge is 0.437 e. The van der Waals surface area contributed by atoms with Gasteiger partial charge in [-0.25, -0.2) is 19.9 Å². The molecule has 210 valence electrons. The molecular weight excluding hydrogens is 552 g/mol. The van der Waals surface area contributed by atoms with Crippen LogP contribution in [0.3, 0.4) is 0 Å². The molecule has 0 saturated carbocycles. The quantitative estimate of drug-likeness (QED) is 0.209. The standard InChI is InChI=1S/C40H24N4O/c1-3-10-25(11-4-1)37-42-38(26-12-5-2-6-13-26)44-39(43-37)28-19-20-29-27(24-28)14-7-15-30(29)31-16-8-17-33-32(31)21-22-34-35-18-9-23-41-40(35)45-36(33)34/h1-24H. The zero-order chi connectivity index (χ0) is 29.7. The van der Waals surface area contributed by atoms with Gasteiger partial charge in [-0.05, 0) is 51.6 Å². The average molecular weight is 577 g/mol. The molecule has 0 bridgehead atoms. The van der Waals surface area contributed by atoms with E-state index in [0.29, 0.717) is 23.2 Å². The molecular formula is C40H24N4O. The maximum Gasteiger partial charge on any atom is 0.227 e. The van der Waals surface area contributed by atoms with Crippen molar-refractivity contribution in [1.29, 1.82) is 0 Å². The van der Waals surface area contributed by atoms with E-state index in [0.717, 1.165) is 65.7 Å². The molecule has 0 radical (unpaired) electrons. The van der Waals surface area contributed by atoms with Crippen LogP contribution in [0.25, 0.3) is 88.9 Å². The van der Waals surface area contributed by atoms with Gasteiger partial charge < -0.3 is 4.42 Å². The number of hydrogen-bond donors (Lipinski definition) is 0. The molecule has 0 aliphatic heterocycles. The summed E-state index contributed by atoms with van der Waals surface area (Å²) in [5, 5.41) is 6.58. The van der Waals surface area contributed by atoms with E-state index in [2.05, 4.69) is 77.8 Å². The van der Waals surface area contributed by atoms with Gasteiger partial charge in [0.2, 0.25) is 5.71 Å². The molecule has 9 rings (SSSR count). The van der Waals surface area contributed by atoms with Gasteiger partial charge in [0, 0.05) is 39.0 Å². The van der Waals surface area contributed by atoms with E-state index in [9.17, 15) is 0 Å². The maximum atomic E-state index is 6.26. The second-order valence-corrected chi connectivity index (χ2v) is 11.1. The second-order valence-electron chi connectivity index (χ2n) is 11.1. The monoisotopic (exact) mass is 576 g/mol. The van der Waals surface area contributed by atoms with Crippen LogP contribution in [0.1, 0.15) is 0 Å². The van der Waals surface area contributed by atoms with Crippen molar-refractivity contribution in [3.8, 4) is 45.3 Å². The predicted molar refractivity (Wildman–Crippen MR) is 182 cm³/mol. The van der Waals surface area contributed by atoms with Crippen LogP contribution >= 0.6 is 0 Å². The molecule has 6 aromatic carbocycles. The maximum absolute atomic E-state index is 6.26. The Kier molecular flexibility index (Phi) is 5.74. The Morgan fingerprint density at radius 3 is 1.71 bits per heavy atom. The minimum absolute atomic E-state index is 0.640. The van der Waals surface area contributed by atoms with Crippen molar-refractivity contribution in [3.05, 3.63) is 146 Å². The zero-order valence-electron chi connectivity index (χ0n) is 24.1. The highest BCUT2D eigenvalue weighted by molar-refractivity contribution is 6.18. The van der Waals surface area contributed by atoms with Gasteiger partial charge >= 0.3 is 0 Å². The number of rotatable bonds is 4. The summed E-state index contributed by atoms with van der Waals surface area (Å²) in [4.78, 5) is 19.2. The Hall–Kier alpha value is -6.20. The lowest BCUT2D eigenvalue weighted by Gasteiger charge is -2.12. The molecule has 9 aromatic rings. The lowest BCUT2D eigenvalue weighted by Crippen LogP contribution is -2.00. The van der Waals surface area contributed by atoms with Gasteiger partial charge in [0.1, 0.15) is 5.58 Å². The zero-order valence-corrected chi connectivity index (χ0v) is 24.1. The van der Waals surface area contributed by atoms with E-state index >= 15 is 0 Å². The van der Waals surface area contributed by atoms with Crippen LogP contribution in [0.2, 0.25) is 0 Å². The van der Waals surface area contributed by atoms with E-state index in [-0.39, 0.29) is 0 Å². The fourth-order valence-corrected chi connectivity index (χ4v) is 6.26. The van der Waals surface area contributed by atoms with Crippen molar-refractivity contribution in [3.63, 3.8) is 0 Å². The molecule has 45 heavy (non-hydrogen) atoms. The summed E-state index contributed by atoms with van der Waals surface area (Å²) in [6, 6.07) is 47.8. The van der Waals surface area contributed by atoms with Crippen molar-refractivity contribution in [2.24, 2.45) is 0 Å². The molecule has 0 fully saturated rings. The van der Waals surface area contributed by atoms with Crippen molar-refractivity contribution >= 4 is 43.6 Å². The third-order valence-electron chi connectivity index (χ3n) is 8.40. The molecule has 5 heteroatoms. The normalized spacial score (nSPS) is 11.6. The Balaban J connectivity index is 1.20. The molecule has 3 heterocycles. The Morgan fingerprint density at radius 1 is 0.400 bits per heavy atom. The number of hydrogen-bond acceptors (Lipinski definition) is 5. The highest BCUT2D eigenvalue weighted by atomic mass is 16.3. The number of fused-ring (bicyclic) bond motifs is 6. The Morgan fingerprint density at radius 2 is 0.978 bits per heavy atom. The van der Waals surface area contributed by atoms with Crippen molar-refractivity contribution in [1.82, 2.24) is 19.9 Å². The smallest absolute Gasteiger partial charge is 0.227 e. The highest BCUT2D eigenvalue weighted by Crippen LogP contribution is 2.39. The molecule has 0 aliphatic rings. The molecule has 0 saturated heterocycles. The summed E-state index contributed by atoms with van der Waals surface area (Å²) in [5.74, 6) is 1.94. The first-order valence-electron chi connectivity index (χ1n) is 14.9. The van der Waals surface area contributed by atoms with Crippen LogP contribution < -0.4 is 0 Å². The van der Waals surface area contributed by atoms with Crippen LogP contribution in [0.15, 0.2) is 150 Å². The number of aromatic nitrogens is 4. The van der Waals surface area contributed by atoms with Crippen LogP contribution in [0, 0.1) is 0 Å². The second kappa shape index (κ2) is 10.2. The van der Waals surface area contributed by atoms with Crippen LogP contribution in [0.5, 0.6) is 0 Å². The summed E-state index contributed by atoms with van der Waals surface area (Å²) < 4.78 is 6.26. The van der Waals surface area contributed by atoms with E-state index in [4.69, 9.17) is 19.4 Å². The average Bonchev–Trinajstić information content (AvgIpc) is 3.51. The van der Waals surface area contributed by atoms with E-state index < -0.39 is 0 Å². The summed E-state index contributed by atoms with van der Waals surface area (Å²) in [7, 11) is 0. The van der Waals surface area contributed by atoms with E-state index in [1.165, 1.54) is 0 Å². The van der Waals surface area contributed by atoms with Crippen molar-refractivity contribution in [2.45, 2.75) is 0 Å². The molecule has 0 aliphatic carbocycles. The fraction of sp³-hybridized carbons (Fsp3) is 0. The third-order valence-corrected chi connectivity index (χ3v) is 8.40. The van der Waals surface area contributed by atoms with Crippen molar-refractivity contribution in [2.75, 3.05) is 0 Å². The minimum atomic E-state index is 0.640. The van der Waals surface area contributed by atoms with Crippen molar-refractivity contribution < 1.29 is 4.42 Å². The summed E-state index contributed by atoms with van der Waals surface area (Å²) in [5.41, 5.74) is 6.67. The van der Waals surface area contributed by atoms with Gasteiger partial charge in [-0.15, -0.1) is 0 Å². The van der Waals surface area contributed by atoms with Gasteiger partial charge in [-0.1, -0.05) is 115 Å². The third kappa shape index (κ3) is 4.25. The van der Waals surface area contributed by atoms with Gasteiger partial charge in [-0.2, -0.15) is 0 Å². The number of benzene rings is 6. The highest BCUT2D eigenvalue weighted by Gasteiger charge is 2.16. The summed E-state index contributed by atoms with van der Waals surface area (Å²) >= 11 is 0. The van der Waals surface area contributed by atoms with E-state index in [1.807, 2.05) is 66.7 Å². The van der Waals surface area contributed by atoms with Crippen LogP contribution in [0.4, 0.5) is 0 Å². The van der Waals surface area contributed by atoms with Crippen LogP contribution in [-0.4, -0.2) is 19.9 Å². The SMILES string of the molecule is c1ccc(-c2nc(-c3ccccc3)nc(-c3ccc4c(-c5cccc6c5ccc5c7cccnc7oc65)cccc4c3)n2)cc1. The number of furan rings is 1. The summed E-state index contributed by atoms with van der Waals surface area (Å²) in [6.07, 6.45) is 1.77. The lowest BCUT2D eigenvalue weighted by molar-refractivity contribution is 0.657. The molecule has 5 nitrogen and oxygen atoms in total. The first kappa shape index (κ1) is 25.3. The molecule has 3 aromatic heterocycles. The Labute approximate surface area is 258 Å². The topological polar surface area (TPSA) is 64.7 Å². The van der Waals surface area contributed by atoms with Gasteiger partial charge in [0.15, 0.2) is 17.5 Å². The fourth-order valence-electron chi connectivity index (χ4n) is 6.26. The Bertz CT molecular complexity index is 2480. The molecule has 0 amide bonds. The van der Waals surface area contributed by atoms with Gasteiger partial charge in [0.05, 0.1) is 0 Å². The molecule has 0 spiro atoms. The van der Waals surface area contributed by atoms with E-state index in [1.54, 1.807) is 6.20 Å². The molecule has 0 N–H and O–H groups in total. The minimum Gasteiger partial charge on any atom is -0.437 e. The number of nitrogens with zero attached hydrogens (tertiary/aromatic N) is 4.